The molecule has 4 rings (SSSR count). The molecular weight excluding hydrogens is 507 g/mol. The molecule has 0 amide bonds. The van der Waals surface area contributed by atoms with E-state index < -0.39 is 45.3 Å². The molecule has 3 N–H and O–H groups in total. The SMILES string of the molecule is Cc1c(O)n(-c2ccc(OC(F)(F)F)cc2)c(=O)n1C(NS(=O)(=O)C1CNCCO1)c1ccncc1. The van der Waals surface area contributed by atoms with E-state index in [1.165, 1.54) is 31.5 Å². The highest BCUT2D eigenvalue weighted by Crippen LogP contribution is 2.28. The highest BCUT2D eigenvalue weighted by Gasteiger charge is 2.34. The van der Waals surface area contributed by atoms with Gasteiger partial charge in [-0.2, -0.15) is 4.72 Å². The van der Waals surface area contributed by atoms with Gasteiger partial charge in [0.05, 0.1) is 18.0 Å². The van der Waals surface area contributed by atoms with Gasteiger partial charge in [0.1, 0.15) is 11.9 Å². The van der Waals surface area contributed by atoms with Crippen molar-refractivity contribution in [2.45, 2.75) is 24.9 Å². The van der Waals surface area contributed by atoms with E-state index in [-0.39, 0.29) is 24.5 Å². The summed E-state index contributed by atoms with van der Waals surface area (Å²) in [5.74, 6) is -1.04. The quantitative estimate of drug-likeness (QED) is 0.418. The van der Waals surface area contributed by atoms with E-state index in [1.54, 1.807) is 0 Å². The van der Waals surface area contributed by atoms with Crippen LogP contribution >= 0.6 is 0 Å². The molecule has 0 bridgehead atoms. The molecule has 1 aliphatic heterocycles. The van der Waals surface area contributed by atoms with Crippen LogP contribution < -0.4 is 20.5 Å². The number of aromatic hydroxyl groups is 1. The van der Waals surface area contributed by atoms with E-state index in [2.05, 4.69) is 19.8 Å². The zero-order valence-corrected chi connectivity index (χ0v) is 19.6. The lowest BCUT2D eigenvalue weighted by Crippen LogP contribution is -2.50. The Hall–Kier alpha value is -3.40. The largest absolute Gasteiger partial charge is 0.573 e. The molecule has 3 aromatic rings. The molecule has 0 aliphatic carbocycles. The second-order valence-corrected chi connectivity index (χ2v) is 9.64. The number of hydrogen-bond donors (Lipinski definition) is 3. The molecule has 1 fully saturated rings. The summed E-state index contributed by atoms with van der Waals surface area (Å²) in [5.41, 5.74) is -1.69. The fraction of sp³-hybridized carbons (Fsp3) is 0.333. The van der Waals surface area contributed by atoms with Gasteiger partial charge in [-0.25, -0.2) is 17.8 Å². The predicted octanol–water partition coefficient (Wildman–Crippen LogP) is 1.36. The van der Waals surface area contributed by atoms with Gasteiger partial charge in [-0.3, -0.25) is 9.55 Å². The number of hydrogen-bond acceptors (Lipinski definition) is 8. The van der Waals surface area contributed by atoms with Crippen molar-refractivity contribution < 1.29 is 36.2 Å². The zero-order chi connectivity index (χ0) is 26.1. The molecule has 3 heterocycles. The van der Waals surface area contributed by atoms with Gasteiger partial charge < -0.3 is 19.9 Å². The Morgan fingerprint density at radius 3 is 2.47 bits per heavy atom. The van der Waals surface area contributed by atoms with Crippen molar-refractivity contribution in [3.8, 4) is 17.3 Å². The average molecular weight is 529 g/mol. The number of morpholine rings is 1. The Morgan fingerprint density at radius 1 is 1.22 bits per heavy atom. The molecule has 36 heavy (non-hydrogen) atoms. The normalized spacial score (nSPS) is 17.6. The molecule has 15 heteroatoms. The van der Waals surface area contributed by atoms with Crippen molar-refractivity contribution in [1.82, 2.24) is 24.2 Å². The lowest BCUT2D eigenvalue weighted by molar-refractivity contribution is -0.274. The smallest absolute Gasteiger partial charge is 0.493 e. The van der Waals surface area contributed by atoms with Crippen LogP contribution in [-0.2, 0) is 14.8 Å². The number of ether oxygens (including phenoxy) is 2. The number of pyridine rings is 1. The van der Waals surface area contributed by atoms with Crippen molar-refractivity contribution in [3.05, 3.63) is 70.5 Å². The Balaban J connectivity index is 1.77. The number of nitrogens with one attached hydrogen (secondary N) is 2. The summed E-state index contributed by atoms with van der Waals surface area (Å²) in [4.78, 5) is 17.4. The van der Waals surface area contributed by atoms with E-state index in [4.69, 9.17) is 4.74 Å². The maximum absolute atomic E-state index is 13.5. The first-order chi connectivity index (χ1) is 17.0. The Kier molecular flexibility index (Phi) is 7.08. The van der Waals surface area contributed by atoms with Gasteiger partial charge in [0.25, 0.3) is 0 Å². The molecule has 1 aromatic carbocycles. The van der Waals surface area contributed by atoms with Crippen LogP contribution in [0.2, 0.25) is 0 Å². The molecular formula is C21H22F3N5O6S. The third-order valence-corrected chi connectivity index (χ3v) is 6.96. The minimum Gasteiger partial charge on any atom is -0.493 e. The number of aromatic nitrogens is 3. The molecule has 1 aliphatic rings. The van der Waals surface area contributed by atoms with Crippen molar-refractivity contribution in [2.24, 2.45) is 0 Å². The van der Waals surface area contributed by atoms with Gasteiger partial charge in [-0.05, 0) is 48.9 Å². The van der Waals surface area contributed by atoms with Crippen LogP contribution in [0.1, 0.15) is 17.4 Å². The minimum absolute atomic E-state index is 0.00261. The van der Waals surface area contributed by atoms with E-state index in [0.29, 0.717) is 12.1 Å². The van der Waals surface area contributed by atoms with Gasteiger partial charge in [-0.1, -0.05) is 0 Å². The second-order valence-electron chi connectivity index (χ2n) is 7.79. The third-order valence-electron chi connectivity index (χ3n) is 5.42. The van der Waals surface area contributed by atoms with E-state index in [1.807, 2.05) is 0 Å². The van der Waals surface area contributed by atoms with Crippen LogP contribution in [0.3, 0.4) is 0 Å². The zero-order valence-electron chi connectivity index (χ0n) is 18.8. The van der Waals surface area contributed by atoms with Crippen molar-refractivity contribution in [1.29, 1.82) is 0 Å². The van der Waals surface area contributed by atoms with E-state index in [9.17, 15) is 31.5 Å². The summed E-state index contributed by atoms with van der Waals surface area (Å²) in [5, 5.41) is 13.7. The molecule has 1 saturated heterocycles. The van der Waals surface area contributed by atoms with Crippen LogP contribution in [-0.4, -0.2) is 59.1 Å². The van der Waals surface area contributed by atoms with Crippen LogP contribution in [0.15, 0.2) is 53.6 Å². The summed E-state index contributed by atoms with van der Waals surface area (Å²) in [6.45, 7) is 2.10. The Labute approximate surface area is 203 Å². The number of nitrogens with zero attached hydrogens (tertiary/aromatic N) is 3. The fourth-order valence-corrected chi connectivity index (χ4v) is 5.05. The first kappa shape index (κ1) is 25.7. The lowest BCUT2D eigenvalue weighted by Gasteiger charge is -2.27. The number of rotatable bonds is 7. The minimum atomic E-state index is -4.90. The number of halogens is 3. The molecule has 2 unspecified atom stereocenters. The number of imidazole rings is 1. The summed E-state index contributed by atoms with van der Waals surface area (Å²) in [6.07, 6.45) is -3.37. The highest BCUT2D eigenvalue weighted by atomic mass is 32.2. The first-order valence-electron chi connectivity index (χ1n) is 10.6. The van der Waals surface area contributed by atoms with E-state index in [0.717, 1.165) is 33.4 Å². The Morgan fingerprint density at radius 2 is 1.89 bits per heavy atom. The molecule has 2 atom stereocenters. The van der Waals surface area contributed by atoms with Gasteiger partial charge in [0.15, 0.2) is 5.44 Å². The summed E-state index contributed by atoms with van der Waals surface area (Å²) in [6, 6.07) is 7.27. The molecule has 11 nitrogen and oxygen atoms in total. The molecule has 2 aromatic heterocycles. The molecule has 0 spiro atoms. The summed E-state index contributed by atoms with van der Waals surface area (Å²) in [7, 11) is -4.13. The standard InChI is InChI=1S/C21H22F3N5O6S/c1-13-19(30)29(15-2-4-16(5-3-15)35-21(22,23)24)20(31)28(13)18(14-6-8-25-9-7-14)27-36(32,33)17-12-26-10-11-34-17/h2-9,17-18,26-27,30H,10-12H2,1H3. The van der Waals surface area contributed by atoms with Crippen LogP contribution in [0, 0.1) is 6.92 Å². The molecule has 194 valence electrons. The number of alkyl halides is 3. The van der Waals surface area contributed by atoms with Crippen LogP contribution in [0.4, 0.5) is 13.2 Å². The Bertz CT molecular complexity index is 1370. The molecule has 0 saturated carbocycles. The van der Waals surface area contributed by atoms with E-state index >= 15 is 0 Å². The topological polar surface area (TPSA) is 137 Å². The van der Waals surface area contributed by atoms with Gasteiger partial charge in [0, 0.05) is 25.5 Å². The van der Waals surface area contributed by atoms with Crippen molar-refractivity contribution in [3.63, 3.8) is 0 Å². The van der Waals surface area contributed by atoms with Gasteiger partial charge in [-0.15, -0.1) is 13.2 Å². The lowest BCUT2D eigenvalue weighted by atomic mass is 10.2. The van der Waals surface area contributed by atoms with Gasteiger partial charge >= 0.3 is 12.1 Å². The number of sulfonamides is 1. The molecule has 0 radical (unpaired) electrons. The van der Waals surface area contributed by atoms with Crippen molar-refractivity contribution in [2.75, 3.05) is 19.7 Å². The number of benzene rings is 1. The fourth-order valence-electron chi connectivity index (χ4n) is 3.73. The van der Waals surface area contributed by atoms with Crippen LogP contribution in [0.5, 0.6) is 11.6 Å². The summed E-state index contributed by atoms with van der Waals surface area (Å²) >= 11 is 0. The highest BCUT2D eigenvalue weighted by molar-refractivity contribution is 7.90. The first-order valence-corrected chi connectivity index (χ1v) is 12.1. The van der Waals surface area contributed by atoms with Gasteiger partial charge in [0.2, 0.25) is 15.9 Å². The summed E-state index contributed by atoms with van der Waals surface area (Å²) < 4.78 is 77.2. The second kappa shape index (κ2) is 9.93. The van der Waals surface area contributed by atoms with Crippen molar-refractivity contribution >= 4 is 10.0 Å². The van der Waals surface area contributed by atoms with Crippen LogP contribution in [0.25, 0.3) is 5.69 Å². The maximum Gasteiger partial charge on any atom is 0.573 e. The maximum atomic E-state index is 13.5. The third kappa shape index (κ3) is 5.38. The predicted molar refractivity (Wildman–Crippen MR) is 120 cm³/mol. The monoisotopic (exact) mass is 529 g/mol. The average Bonchev–Trinajstić information content (AvgIpc) is 3.06.